The largest absolute Gasteiger partial charge is 0.325 e. The van der Waals surface area contributed by atoms with E-state index >= 15 is 0 Å². The fourth-order valence-corrected chi connectivity index (χ4v) is 3.94. The summed E-state index contributed by atoms with van der Waals surface area (Å²) in [6.07, 6.45) is 1.71. The Labute approximate surface area is 155 Å². The molecule has 5 nitrogen and oxygen atoms in total. The van der Waals surface area contributed by atoms with Crippen LogP contribution in [-0.2, 0) is 10.5 Å². The van der Waals surface area contributed by atoms with Crippen LogP contribution in [0, 0.1) is 6.92 Å². The molecule has 3 rings (SSSR count). The molecule has 0 saturated carbocycles. The molecule has 124 valence electrons. The number of hydrogen-bond acceptors (Lipinski definition) is 5. The summed E-state index contributed by atoms with van der Waals surface area (Å²) in [6.45, 7) is 1.95. The van der Waals surface area contributed by atoms with Crippen LogP contribution in [0.2, 0.25) is 0 Å². The van der Waals surface area contributed by atoms with Crippen molar-refractivity contribution in [2.75, 3.05) is 11.1 Å². The zero-order valence-electron chi connectivity index (χ0n) is 12.8. The molecule has 1 N–H and O–H groups in total. The highest BCUT2D eigenvalue weighted by Gasteiger charge is 2.08. The third-order valence-corrected chi connectivity index (χ3v) is 5.53. The molecule has 24 heavy (non-hydrogen) atoms. The molecule has 0 aliphatic heterocycles. The third-order valence-electron chi connectivity index (χ3n) is 3.31. The Morgan fingerprint density at radius 3 is 3.08 bits per heavy atom. The van der Waals surface area contributed by atoms with E-state index in [1.165, 1.54) is 33.6 Å². The van der Waals surface area contributed by atoms with Crippen LogP contribution in [-0.4, -0.2) is 21.0 Å². The normalized spacial score (nSPS) is 10.9. The van der Waals surface area contributed by atoms with Gasteiger partial charge in [0, 0.05) is 33.6 Å². The van der Waals surface area contributed by atoms with E-state index in [0.717, 1.165) is 15.7 Å². The molecule has 0 atom stereocenters. The van der Waals surface area contributed by atoms with Gasteiger partial charge < -0.3 is 5.32 Å². The standard InChI is InChI=1S/C16H14BrN3O2S2/c1-10-2-3-11(17)6-13(10)19-14(21)9-23-8-12-7-15(22)20-4-5-24-16(20)18-12/h2-7H,8-9H2,1H3,(H,19,21). The number of carbonyl (C=O) groups excluding carboxylic acids is 1. The van der Waals surface area contributed by atoms with Gasteiger partial charge in [-0.05, 0) is 24.6 Å². The Hall–Kier alpha value is -1.64. The first-order chi connectivity index (χ1) is 11.5. The van der Waals surface area contributed by atoms with Gasteiger partial charge in [0.2, 0.25) is 5.91 Å². The number of halogens is 1. The monoisotopic (exact) mass is 423 g/mol. The van der Waals surface area contributed by atoms with Crippen molar-refractivity contribution in [1.82, 2.24) is 9.38 Å². The summed E-state index contributed by atoms with van der Waals surface area (Å²) in [7, 11) is 0. The van der Waals surface area contributed by atoms with Crippen LogP contribution in [0.15, 0.2) is 45.1 Å². The van der Waals surface area contributed by atoms with E-state index in [2.05, 4.69) is 26.2 Å². The van der Waals surface area contributed by atoms with Gasteiger partial charge in [-0.1, -0.05) is 22.0 Å². The van der Waals surface area contributed by atoms with E-state index in [-0.39, 0.29) is 11.5 Å². The quantitative estimate of drug-likeness (QED) is 0.679. The second-order valence-corrected chi connectivity index (χ2v) is 7.92. The number of carbonyl (C=O) groups is 1. The Morgan fingerprint density at radius 1 is 1.42 bits per heavy atom. The molecule has 0 fully saturated rings. The zero-order chi connectivity index (χ0) is 17.1. The number of nitrogens with zero attached hydrogens (tertiary/aromatic N) is 2. The number of thioether (sulfide) groups is 1. The summed E-state index contributed by atoms with van der Waals surface area (Å²) in [5.41, 5.74) is 2.41. The Morgan fingerprint density at radius 2 is 2.25 bits per heavy atom. The van der Waals surface area contributed by atoms with E-state index in [1.807, 2.05) is 30.5 Å². The van der Waals surface area contributed by atoms with Crippen LogP contribution in [0.4, 0.5) is 5.69 Å². The summed E-state index contributed by atoms with van der Waals surface area (Å²) < 4.78 is 2.44. The molecule has 0 saturated heterocycles. The highest BCUT2D eigenvalue weighted by molar-refractivity contribution is 9.10. The maximum atomic E-state index is 12.1. The molecule has 3 aromatic rings. The second-order valence-electron chi connectivity index (χ2n) is 5.14. The Bertz CT molecular complexity index is 952. The van der Waals surface area contributed by atoms with Crippen LogP contribution in [0.5, 0.6) is 0 Å². The van der Waals surface area contributed by atoms with E-state index in [9.17, 15) is 9.59 Å². The van der Waals surface area contributed by atoms with Crippen LogP contribution in [0.3, 0.4) is 0 Å². The molecule has 1 aromatic carbocycles. The first-order valence-corrected chi connectivity index (χ1v) is 9.95. The van der Waals surface area contributed by atoms with Crippen molar-refractivity contribution >= 4 is 55.6 Å². The average Bonchev–Trinajstić information content (AvgIpc) is 3.00. The Balaban J connectivity index is 1.58. The topological polar surface area (TPSA) is 63.5 Å². The lowest BCUT2D eigenvalue weighted by atomic mass is 10.2. The molecular weight excluding hydrogens is 410 g/mol. The smallest absolute Gasteiger partial charge is 0.258 e. The maximum absolute atomic E-state index is 12.1. The number of benzene rings is 1. The highest BCUT2D eigenvalue weighted by Crippen LogP contribution is 2.21. The molecule has 0 radical (unpaired) electrons. The Kier molecular flexibility index (Phi) is 5.37. The fraction of sp³-hybridized carbons (Fsp3) is 0.188. The molecule has 1 amide bonds. The lowest BCUT2D eigenvalue weighted by molar-refractivity contribution is -0.113. The van der Waals surface area contributed by atoms with Gasteiger partial charge in [-0.2, -0.15) is 0 Å². The van der Waals surface area contributed by atoms with Crippen molar-refractivity contribution in [3.05, 3.63) is 61.9 Å². The predicted octanol–water partition coefficient (Wildman–Crippen LogP) is 3.70. The first kappa shape index (κ1) is 17.2. The van der Waals surface area contributed by atoms with Crippen molar-refractivity contribution in [3.63, 3.8) is 0 Å². The van der Waals surface area contributed by atoms with Crippen molar-refractivity contribution in [2.45, 2.75) is 12.7 Å². The van der Waals surface area contributed by atoms with Crippen molar-refractivity contribution in [3.8, 4) is 0 Å². The highest BCUT2D eigenvalue weighted by atomic mass is 79.9. The van der Waals surface area contributed by atoms with Gasteiger partial charge in [-0.3, -0.25) is 14.0 Å². The fourth-order valence-electron chi connectivity index (χ4n) is 2.13. The number of aromatic nitrogens is 2. The molecular formula is C16H14BrN3O2S2. The number of anilines is 1. The van der Waals surface area contributed by atoms with Gasteiger partial charge >= 0.3 is 0 Å². The molecule has 2 heterocycles. The van der Waals surface area contributed by atoms with Crippen molar-refractivity contribution in [2.24, 2.45) is 0 Å². The van der Waals surface area contributed by atoms with Crippen LogP contribution >= 0.6 is 39.0 Å². The SMILES string of the molecule is Cc1ccc(Br)cc1NC(=O)CSCc1cc(=O)n2ccsc2n1. The summed E-state index contributed by atoms with van der Waals surface area (Å²) in [6, 6.07) is 7.28. The van der Waals surface area contributed by atoms with Crippen molar-refractivity contribution in [1.29, 1.82) is 0 Å². The average molecular weight is 424 g/mol. The molecule has 2 aromatic heterocycles. The van der Waals surface area contributed by atoms with Gasteiger partial charge in [0.05, 0.1) is 11.4 Å². The number of nitrogens with one attached hydrogen (secondary N) is 1. The van der Waals surface area contributed by atoms with Gasteiger partial charge in [0.1, 0.15) is 0 Å². The molecule has 0 bridgehead atoms. The number of thiazole rings is 1. The molecule has 0 unspecified atom stereocenters. The maximum Gasteiger partial charge on any atom is 0.258 e. The third kappa shape index (κ3) is 4.06. The van der Waals surface area contributed by atoms with Crippen molar-refractivity contribution < 1.29 is 4.79 Å². The molecule has 0 aliphatic rings. The lowest BCUT2D eigenvalue weighted by Crippen LogP contribution is -2.16. The van der Waals surface area contributed by atoms with E-state index < -0.39 is 0 Å². The predicted molar refractivity (Wildman–Crippen MR) is 103 cm³/mol. The minimum Gasteiger partial charge on any atom is -0.325 e. The van der Waals surface area contributed by atoms with E-state index in [0.29, 0.717) is 22.2 Å². The summed E-state index contributed by atoms with van der Waals surface area (Å²) >= 11 is 6.25. The number of fused-ring (bicyclic) bond motifs is 1. The minimum atomic E-state index is -0.0916. The van der Waals surface area contributed by atoms with Crippen LogP contribution in [0.1, 0.15) is 11.3 Å². The van der Waals surface area contributed by atoms with E-state index in [4.69, 9.17) is 0 Å². The van der Waals surface area contributed by atoms with Gasteiger partial charge in [-0.25, -0.2) is 4.98 Å². The molecule has 8 heteroatoms. The summed E-state index contributed by atoms with van der Waals surface area (Å²) in [5.74, 6) is 0.751. The summed E-state index contributed by atoms with van der Waals surface area (Å²) in [5, 5.41) is 4.73. The number of hydrogen-bond donors (Lipinski definition) is 1. The molecule has 0 spiro atoms. The second kappa shape index (κ2) is 7.50. The van der Waals surface area contributed by atoms with Gasteiger partial charge in [0.15, 0.2) is 4.96 Å². The van der Waals surface area contributed by atoms with Crippen LogP contribution in [0.25, 0.3) is 4.96 Å². The zero-order valence-corrected chi connectivity index (χ0v) is 16.0. The number of rotatable bonds is 5. The number of amides is 1. The van der Waals surface area contributed by atoms with Crippen LogP contribution < -0.4 is 10.9 Å². The lowest BCUT2D eigenvalue weighted by Gasteiger charge is -2.08. The van der Waals surface area contributed by atoms with Gasteiger partial charge in [-0.15, -0.1) is 23.1 Å². The van der Waals surface area contributed by atoms with Gasteiger partial charge in [0.25, 0.3) is 5.56 Å². The summed E-state index contributed by atoms with van der Waals surface area (Å²) in [4.78, 5) is 29.1. The van der Waals surface area contributed by atoms with E-state index in [1.54, 1.807) is 6.20 Å². The molecule has 0 aliphatic carbocycles. The first-order valence-electron chi connectivity index (χ1n) is 7.12. The number of aryl methyl sites for hydroxylation is 1. The minimum absolute atomic E-state index is 0.0740.